The fraction of sp³-hybridized carbons (Fsp3) is 0.538. The molecule has 2 aliphatic rings. The second-order valence-electron chi connectivity index (χ2n) is 5.40. The number of Topliss-reactive ketones (excluding diaryl/α,β-unsaturated/α-hetero) is 1. The maximum absolute atomic E-state index is 12.2. The van der Waals surface area contributed by atoms with Gasteiger partial charge in [0, 0.05) is 11.8 Å². The molecule has 22 heavy (non-hydrogen) atoms. The molecule has 8 nitrogen and oxygen atoms in total. The molecule has 1 amide bonds. The van der Waals surface area contributed by atoms with Crippen LogP contribution in [0.25, 0.3) is 0 Å². The number of aliphatic hydroxyl groups is 1. The molecular formula is C13H15N5O3S. The summed E-state index contributed by atoms with van der Waals surface area (Å²) >= 11 is 1.10. The molecule has 0 spiro atoms. The lowest BCUT2D eigenvalue weighted by Gasteiger charge is -2.23. The number of ketones is 1. The first-order valence-corrected chi connectivity index (χ1v) is 7.87. The predicted molar refractivity (Wildman–Crippen MR) is 78.0 cm³/mol. The van der Waals surface area contributed by atoms with Crippen molar-refractivity contribution < 1.29 is 14.7 Å². The van der Waals surface area contributed by atoms with Gasteiger partial charge in [-0.05, 0) is 12.8 Å². The van der Waals surface area contributed by atoms with Gasteiger partial charge in [-0.2, -0.15) is 0 Å². The van der Waals surface area contributed by atoms with Crippen LogP contribution < -0.4 is 5.73 Å². The summed E-state index contributed by atoms with van der Waals surface area (Å²) in [7, 11) is 0. The summed E-state index contributed by atoms with van der Waals surface area (Å²) in [5, 5.41) is 25.4. The Balaban J connectivity index is 1.70. The lowest BCUT2D eigenvalue weighted by Crippen LogP contribution is -2.21. The van der Waals surface area contributed by atoms with E-state index in [9.17, 15) is 14.7 Å². The topological polar surface area (TPSA) is 131 Å². The maximum atomic E-state index is 12.2. The number of azo groups is 1. The van der Waals surface area contributed by atoms with Crippen LogP contribution in [0, 0.1) is 11.8 Å². The van der Waals surface area contributed by atoms with Crippen LogP contribution in [0.3, 0.4) is 0 Å². The number of anilines is 1. The molecule has 116 valence electrons. The number of fused-ring (bicyclic) bond motifs is 1. The monoisotopic (exact) mass is 321 g/mol. The molecule has 0 radical (unpaired) electrons. The van der Waals surface area contributed by atoms with Crippen LogP contribution in [-0.2, 0) is 16.0 Å². The molecule has 0 bridgehead atoms. The SMILES string of the molecule is Nc1nnc(CC(=O)N=NC2=C(O)C3CCCCC3C2=O)s1. The Morgan fingerprint density at radius 2 is 2.05 bits per heavy atom. The number of carbonyl (C=O) groups is 2. The van der Waals surface area contributed by atoms with Crippen molar-refractivity contribution in [2.45, 2.75) is 32.1 Å². The number of hydrogen-bond acceptors (Lipinski definition) is 8. The average Bonchev–Trinajstić information content (AvgIpc) is 3.01. The zero-order valence-electron chi connectivity index (χ0n) is 11.7. The predicted octanol–water partition coefficient (Wildman–Crippen LogP) is 1.80. The highest BCUT2D eigenvalue weighted by Gasteiger charge is 2.43. The molecule has 2 unspecified atom stereocenters. The van der Waals surface area contributed by atoms with Crippen molar-refractivity contribution in [3.8, 4) is 0 Å². The van der Waals surface area contributed by atoms with Crippen LogP contribution in [0.4, 0.5) is 5.13 Å². The van der Waals surface area contributed by atoms with E-state index < -0.39 is 5.91 Å². The summed E-state index contributed by atoms with van der Waals surface area (Å²) in [6.45, 7) is 0. The van der Waals surface area contributed by atoms with Crippen LogP contribution in [-0.4, -0.2) is 27.0 Å². The molecule has 0 saturated heterocycles. The van der Waals surface area contributed by atoms with Gasteiger partial charge in [-0.25, -0.2) is 0 Å². The van der Waals surface area contributed by atoms with Gasteiger partial charge in [0.15, 0.2) is 11.5 Å². The van der Waals surface area contributed by atoms with E-state index in [1.807, 2.05) is 0 Å². The fourth-order valence-corrected chi connectivity index (χ4v) is 3.56. The number of carbonyl (C=O) groups excluding carboxylic acids is 2. The lowest BCUT2D eigenvalue weighted by atomic mass is 9.80. The van der Waals surface area contributed by atoms with Crippen LogP contribution in [0.15, 0.2) is 21.7 Å². The zero-order chi connectivity index (χ0) is 15.7. The van der Waals surface area contributed by atoms with Gasteiger partial charge in [-0.1, -0.05) is 24.2 Å². The van der Waals surface area contributed by atoms with Crippen molar-refractivity contribution in [2.75, 3.05) is 5.73 Å². The Hall–Kier alpha value is -2.16. The Morgan fingerprint density at radius 1 is 1.32 bits per heavy atom. The fourth-order valence-electron chi connectivity index (χ4n) is 2.96. The molecule has 3 N–H and O–H groups in total. The van der Waals surface area contributed by atoms with E-state index in [0.29, 0.717) is 5.01 Å². The number of rotatable bonds is 3. The molecule has 3 rings (SSSR count). The second kappa shape index (κ2) is 5.91. The third-order valence-electron chi connectivity index (χ3n) is 3.98. The molecule has 0 aliphatic heterocycles. The number of nitrogens with zero attached hydrogens (tertiary/aromatic N) is 4. The largest absolute Gasteiger partial charge is 0.510 e. The van der Waals surface area contributed by atoms with Crippen molar-refractivity contribution >= 4 is 28.2 Å². The Kier molecular flexibility index (Phi) is 3.97. The summed E-state index contributed by atoms with van der Waals surface area (Å²) in [6.07, 6.45) is 3.42. The molecule has 2 atom stereocenters. The van der Waals surface area contributed by atoms with Crippen LogP contribution in [0.1, 0.15) is 30.7 Å². The molecule has 0 aromatic carbocycles. The second-order valence-corrected chi connectivity index (χ2v) is 6.49. The summed E-state index contributed by atoms with van der Waals surface area (Å²) in [6, 6.07) is 0. The Morgan fingerprint density at radius 3 is 2.68 bits per heavy atom. The van der Waals surface area contributed by atoms with E-state index in [0.717, 1.165) is 37.0 Å². The van der Waals surface area contributed by atoms with E-state index in [2.05, 4.69) is 20.4 Å². The molecule has 2 aliphatic carbocycles. The van der Waals surface area contributed by atoms with Crippen molar-refractivity contribution in [2.24, 2.45) is 22.1 Å². The number of hydrogen-bond donors (Lipinski definition) is 2. The van der Waals surface area contributed by atoms with Crippen molar-refractivity contribution in [3.63, 3.8) is 0 Å². The summed E-state index contributed by atoms with van der Waals surface area (Å²) in [4.78, 5) is 23.9. The minimum absolute atomic E-state index is 0.0218. The van der Waals surface area contributed by atoms with Gasteiger partial charge in [0.25, 0.3) is 5.91 Å². The van der Waals surface area contributed by atoms with Gasteiger partial charge in [0.1, 0.15) is 10.8 Å². The first-order chi connectivity index (χ1) is 10.6. The zero-order valence-corrected chi connectivity index (χ0v) is 12.5. The van der Waals surface area contributed by atoms with E-state index in [1.54, 1.807) is 0 Å². The highest BCUT2D eigenvalue weighted by atomic mass is 32.1. The molecule has 9 heteroatoms. The minimum atomic E-state index is -0.556. The molecular weight excluding hydrogens is 306 g/mol. The number of amides is 1. The van der Waals surface area contributed by atoms with Gasteiger partial charge in [-0.15, -0.1) is 20.4 Å². The highest BCUT2D eigenvalue weighted by molar-refractivity contribution is 7.15. The van der Waals surface area contributed by atoms with Crippen LogP contribution in [0.5, 0.6) is 0 Å². The van der Waals surface area contributed by atoms with Crippen molar-refractivity contribution in [1.82, 2.24) is 10.2 Å². The standard InChI is InChI=1S/C13H15N5O3S/c14-13-18-16-9(22-13)5-8(19)15-17-10-11(20)6-3-1-2-4-7(6)12(10)21/h6-7,20H,1-5H2,(H2,14,18). The average molecular weight is 321 g/mol. The minimum Gasteiger partial charge on any atom is -0.510 e. The van der Waals surface area contributed by atoms with Crippen molar-refractivity contribution in [1.29, 1.82) is 0 Å². The van der Waals surface area contributed by atoms with Gasteiger partial charge in [-0.3, -0.25) is 9.59 Å². The number of aliphatic hydroxyl groups excluding tert-OH is 1. The summed E-state index contributed by atoms with van der Waals surface area (Å²) in [5.74, 6) is -1.15. The van der Waals surface area contributed by atoms with E-state index >= 15 is 0 Å². The van der Waals surface area contributed by atoms with Gasteiger partial charge < -0.3 is 10.8 Å². The molecule has 1 heterocycles. The highest BCUT2D eigenvalue weighted by Crippen LogP contribution is 2.42. The number of allylic oxidation sites excluding steroid dienone is 2. The van der Waals surface area contributed by atoms with E-state index in [1.165, 1.54) is 0 Å². The third-order valence-corrected chi connectivity index (χ3v) is 4.73. The first-order valence-electron chi connectivity index (χ1n) is 7.06. The van der Waals surface area contributed by atoms with Crippen LogP contribution >= 0.6 is 11.3 Å². The van der Waals surface area contributed by atoms with Crippen molar-refractivity contribution in [3.05, 3.63) is 16.5 Å². The first kappa shape index (κ1) is 14.8. The maximum Gasteiger partial charge on any atom is 0.271 e. The molecule has 1 aromatic rings. The summed E-state index contributed by atoms with van der Waals surface area (Å²) in [5.41, 5.74) is 5.36. The Bertz CT molecular complexity index is 681. The van der Waals surface area contributed by atoms with Gasteiger partial charge in [0.05, 0.1) is 6.42 Å². The van der Waals surface area contributed by atoms with E-state index in [4.69, 9.17) is 5.73 Å². The lowest BCUT2D eigenvalue weighted by molar-refractivity contribution is -0.120. The normalized spacial score (nSPS) is 25.0. The quantitative estimate of drug-likeness (QED) is 0.816. The molecule has 1 aromatic heterocycles. The third kappa shape index (κ3) is 2.76. The van der Waals surface area contributed by atoms with E-state index in [-0.39, 0.29) is 40.6 Å². The van der Waals surface area contributed by atoms with Gasteiger partial charge >= 0.3 is 0 Å². The molecule has 1 saturated carbocycles. The summed E-state index contributed by atoms with van der Waals surface area (Å²) < 4.78 is 0. The number of aromatic nitrogens is 2. The number of nitrogens with two attached hydrogens (primary N) is 1. The van der Waals surface area contributed by atoms with Gasteiger partial charge in [0.2, 0.25) is 5.13 Å². The number of nitrogen functional groups attached to an aromatic ring is 1. The van der Waals surface area contributed by atoms with Crippen LogP contribution in [0.2, 0.25) is 0 Å². The smallest absolute Gasteiger partial charge is 0.271 e. The Labute approximate surface area is 130 Å². The molecule has 1 fully saturated rings.